The molecule has 0 aliphatic heterocycles. The number of halogens is 4. The predicted octanol–water partition coefficient (Wildman–Crippen LogP) is 5.56. The Kier molecular flexibility index (Phi) is 7.86. The first-order valence-corrected chi connectivity index (χ1v) is 10.5. The summed E-state index contributed by atoms with van der Waals surface area (Å²) in [6.07, 6.45) is -2.45. The van der Waals surface area contributed by atoms with E-state index >= 15 is 0 Å². The van der Waals surface area contributed by atoms with Crippen molar-refractivity contribution in [1.82, 2.24) is 15.2 Å². The zero-order valence-corrected chi connectivity index (χ0v) is 18.3. The highest BCUT2D eigenvalue weighted by atomic mass is 19.4. The molecule has 0 saturated carbocycles. The van der Waals surface area contributed by atoms with Gasteiger partial charge in [-0.15, -0.1) is 0 Å². The number of hydrogen-bond acceptors (Lipinski definition) is 4. The van der Waals surface area contributed by atoms with Crippen molar-refractivity contribution in [1.29, 1.82) is 0 Å². The van der Waals surface area contributed by atoms with Crippen LogP contribution in [0.5, 0.6) is 0 Å². The lowest BCUT2D eigenvalue weighted by Gasteiger charge is -2.21. The van der Waals surface area contributed by atoms with Crippen LogP contribution in [0.15, 0.2) is 59.2 Å². The molecule has 176 valence electrons. The van der Waals surface area contributed by atoms with Crippen molar-refractivity contribution >= 4 is 5.91 Å². The molecule has 0 aliphatic rings. The van der Waals surface area contributed by atoms with Gasteiger partial charge in [0.1, 0.15) is 12.1 Å². The zero-order valence-electron chi connectivity index (χ0n) is 18.3. The standard InChI is InChI=1S/C24H25F4N3O2/c1-3-16(2)29-23(32)21-15-33-22(30-21)14-31(13-18-7-5-9-20(25)11-18)12-17-6-4-8-19(10-17)24(26,27)28/h4-11,15-16H,3,12-14H2,1-2H3,(H,29,32). The van der Waals surface area contributed by atoms with Crippen molar-refractivity contribution in [2.75, 3.05) is 0 Å². The number of amides is 1. The number of hydrogen-bond donors (Lipinski definition) is 1. The van der Waals surface area contributed by atoms with Crippen LogP contribution in [0.25, 0.3) is 0 Å². The molecule has 3 rings (SSSR count). The summed E-state index contributed by atoms with van der Waals surface area (Å²) in [4.78, 5) is 18.3. The molecule has 3 aromatic rings. The summed E-state index contributed by atoms with van der Waals surface area (Å²) in [7, 11) is 0. The van der Waals surface area contributed by atoms with Gasteiger partial charge in [0, 0.05) is 19.1 Å². The quantitative estimate of drug-likeness (QED) is 0.422. The lowest BCUT2D eigenvalue weighted by Crippen LogP contribution is -2.32. The molecule has 0 saturated heterocycles. The molecular formula is C24H25F4N3O2. The molecule has 0 bridgehead atoms. The molecular weight excluding hydrogens is 438 g/mol. The Bertz CT molecular complexity index is 1080. The summed E-state index contributed by atoms with van der Waals surface area (Å²) in [5, 5.41) is 2.80. The summed E-state index contributed by atoms with van der Waals surface area (Å²) in [6.45, 7) is 4.30. The first-order valence-electron chi connectivity index (χ1n) is 10.5. The first kappa shape index (κ1) is 24.4. The molecule has 33 heavy (non-hydrogen) atoms. The normalized spacial score (nSPS) is 12.7. The summed E-state index contributed by atoms with van der Waals surface area (Å²) in [5.41, 5.74) is 0.451. The van der Waals surface area contributed by atoms with Crippen molar-refractivity contribution in [2.24, 2.45) is 0 Å². The molecule has 5 nitrogen and oxygen atoms in total. The van der Waals surface area contributed by atoms with Gasteiger partial charge in [0.25, 0.3) is 5.91 Å². The number of benzene rings is 2. The molecule has 0 spiro atoms. The lowest BCUT2D eigenvalue weighted by molar-refractivity contribution is -0.137. The minimum Gasteiger partial charge on any atom is -0.447 e. The molecule has 1 heterocycles. The van der Waals surface area contributed by atoms with E-state index in [0.29, 0.717) is 11.1 Å². The summed E-state index contributed by atoms with van der Waals surface area (Å²) >= 11 is 0. The van der Waals surface area contributed by atoms with Gasteiger partial charge in [-0.3, -0.25) is 9.69 Å². The van der Waals surface area contributed by atoms with Crippen molar-refractivity contribution in [2.45, 2.75) is 52.1 Å². The lowest BCUT2D eigenvalue weighted by atomic mass is 10.1. The Balaban J connectivity index is 1.80. The minimum absolute atomic E-state index is 0.0250. The maximum atomic E-state index is 13.7. The summed E-state index contributed by atoms with van der Waals surface area (Å²) in [5.74, 6) is -0.548. The second kappa shape index (κ2) is 10.6. The van der Waals surface area contributed by atoms with E-state index in [4.69, 9.17) is 4.42 Å². The Hall–Kier alpha value is -3.20. The maximum absolute atomic E-state index is 13.7. The van der Waals surface area contributed by atoms with E-state index in [2.05, 4.69) is 10.3 Å². The highest BCUT2D eigenvalue weighted by Crippen LogP contribution is 2.30. The average Bonchev–Trinajstić information content (AvgIpc) is 3.22. The topological polar surface area (TPSA) is 58.4 Å². The van der Waals surface area contributed by atoms with Crippen LogP contribution < -0.4 is 5.32 Å². The number of aromatic nitrogens is 1. The number of alkyl halides is 3. The third-order valence-corrected chi connectivity index (χ3v) is 5.09. The third-order valence-electron chi connectivity index (χ3n) is 5.09. The Morgan fingerprint density at radius 3 is 2.39 bits per heavy atom. The highest BCUT2D eigenvalue weighted by Gasteiger charge is 2.30. The van der Waals surface area contributed by atoms with Crippen LogP contribution in [-0.2, 0) is 25.8 Å². The molecule has 2 aromatic carbocycles. The van der Waals surface area contributed by atoms with E-state index in [9.17, 15) is 22.4 Å². The minimum atomic E-state index is -4.45. The summed E-state index contributed by atoms with van der Waals surface area (Å²) < 4.78 is 58.5. The Morgan fingerprint density at radius 1 is 1.09 bits per heavy atom. The molecule has 0 radical (unpaired) electrons. The molecule has 1 aromatic heterocycles. The van der Waals surface area contributed by atoms with Crippen LogP contribution in [0.2, 0.25) is 0 Å². The SMILES string of the molecule is CCC(C)NC(=O)c1coc(CN(Cc2cccc(F)c2)Cc2cccc(C(F)(F)F)c2)n1. The number of oxazole rings is 1. The van der Waals surface area contributed by atoms with Gasteiger partial charge in [0.2, 0.25) is 5.89 Å². The van der Waals surface area contributed by atoms with Crippen LogP contribution in [0, 0.1) is 5.82 Å². The van der Waals surface area contributed by atoms with Crippen LogP contribution in [0.3, 0.4) is 0 Å². The van der Waals surface area contributed by atoms with Crippen molar-refractivity contribution < 1.29 is 26.8 Å². The molecule has 9 heteroatoms. The number of nitrogens with zero attached hydrogens (tertiary/aromatic N) is 2. The van der Waals surface area contributed by atoms with Gasteiger partial charge in [-0.2, -0.15) is 13.2 Å². The molecule has 0 fully saturated rings. The zero-order chi connectivity index (χ0) is 24.0. The predicted molar refractivity (Wildman–Crippen MR) is 115 cm³/mol. The number of nitrogens with one attached hydrogen (secondary N) is 1. The first-order chi connectivity index (χ1) is 15.6. The molecule has 1 unspecified atom stereocenters. The molecule has 1 N–H and O–H groups in total. The Labute approximate surface area is 189 Å². The van der Waals surface area contributed by atoms with Gasteiger partial charge in [-0.25, -0.2) is 9.37 Å². The third kappa shape index (κ3) is 7.15. The van der Waals surface area contributed by atoms with E-state index in [1.165, 1.54) is 24.5 Å². The fraction of sp³-hybridized carbons (Fsp3) is 0.333. The average molecular weight is 463 g/mol. The number of carbonyl (C=O) groups is 1. The fourth-order valence-corrected chi connectivity index (χ4v) is 3.24. The van der Waals surface area contributed by atoms with E-state index < -0.39 is 17.6 Å². The van der Waals surface area contributed by atoms with E-state index in [1.807, 2.05) is 13.8 Å². The van der Waals surface area contributed by atoms with E-state index in [0.717, 1.165) is 18.6 Å². The van der Waals surface area contributed by atoms with Gasteiger partial charge >= 0.3 is 6.18 Å². The second-order valence-corrected chi connectivity index (χ2v) is 7.88. The Morgan fingerprint density at radius 2 is 1.76 bits per heavy atom. The summed E-state index contributed by atoms with van der Waals surface area (Å²) in [6, 6.07) is 11.0. The molecule has 1 amide bonds. The van der Waals surface area contributed by atoms with E-state index in [-0.39, 0.29) is 43.2 Å². The van der Waals surface area contributed by atoms with Gasteiger partial charge in [-0.1, -0.05) is 37.3 Å². The molecule has 0 aliphatic carbocycles. The van der Waals surface area contributed by atoms with Crippen molar-refractivity contribution in [3.63, 3.8) is 0 Å². The van der Waals surface area contributed by atoms with Crippen LogP contribution in [0.4, 0.5) is 17.6 Å². The van der Waals surface area contributed by atoms with Crippen molar-refractivity contribution in [3.05, 3.63) is 88.9 Å². The fourth-order valence-electron chi connectivity index (χ4n) is 3.24. The van der Waals surface area contributed by atoms with Gasteiger partial charge in [-0.05, 0) is 42.7 Å². The largest absolute Gasteiger partial charge is 0.447 e. The maximum Gasteiger partial charge on any atom is 0.416 e. The molecule has 1 atom stereocenters. The highest BCUT2D eigenvalue weighted by molar-refractivity contribution is 5.92. The number of rotatable bonds is 9. The number of carbonyl (C=O) groups excluding carboxylic acids is 1. The van der Waals surface area contributed by atoms with Gasteiger partial charge in [0.15, 0.2) is 5.69 Å². The monoisotopic (exact) mass is 463 g/mol. The van der Waals surface area contributed by atoms with Crippen LogP contribution in [0.1, 0.15) is 53.3 Å². The van der Waals surface area contributed by atoms with Crippen molar-refractivity contribution in [3.8, 4) is 0 Å². The van der Waals surface area contributed by atoms with Crippen LogP contribution >= 0.6 is 0 Å². The smallest absolute Gasteiger partial charge is 0.416 e. The van der Waals surface area contributed by atoms with Gasteiger partial charge < -0.3 is 9.73 Å². The van der Waals surface area contributed by atoms with E-state index in [1.54, 1.807) is 23.1 Å². The van der Waals surface area contributed by atoms with Gasteiger partial charge in [0.05, 0.1) is 12.1 Å². The second-order valence-electron chi connectivity index (χ2n) is 7.88. The van der Waals surface area contributed by atoms with Crippen LogP contribution in [-0.4, -0.2) is 21.8 Å².